The van der Waals surface area contributed by atoms with E-state index in [9.17, 15) is 9.90 Å². The minimum atomic E-state index is -0.862. The molecule has 0 aliphatic carbocycles. The summed E-state index contributed by atoms with van der Waals surface area (Å²) in [5.41, 5.74) is 1.54. The van der Waals surface area contributed by atoms with Gasteiger partial charge in [-0.1, -0.05) is 29.3 Å². The SMILES string of the molecule is COc1ccc(C2NC(C(=O)O)CS2)c(OCc2c(Cl)cccc2Cl)c1. The molecule has 2 atom stereocenters. The fourth-order valence-electron chi connectivity index (χ4n) is 2.60. The number of ether oxygens (including phenoxy) is 2. The summed E-state index contributed by atoms with van der Waals surface area (Å²) in [6.45, 7) is 0.193. The van der Waals surface area contributed by atoms with Crippen LogP contribution < -0.4 is 14.8 Å². The van der Waals surface area contributed by atoms with E-state index in [2.05, 4.69) is 5.32 Å². The summed E-state index contributed by atoms with van der Waals surface area (Å²) in [6.07, 6.45) is 0. The maximum Gasteiger partial charge on any atom is 0.321 e. The van der Waals surface area contributed by atoms with Crippen LogP contribution >= 0.6 is 35.0 Å². The molecule has 0 amide bonds. The van der Waals surface area contributed by atoms with Crippen molar-refractivity contribution in [3.8, 4) is 11.5 Å². The monoisotopic (exact) mass is 413 g/mol. The van der Waals surface area contributed by atoms with Gasteiger partial charge >= 0.3 is 5.97 Å². The van der Waals surface area contributed by atoms with E-state index < -0.39 is 12.0 Å². The average Bonchev–Trinajstić information content (AvgIpc) is 3.11. The van der Waals surface area contributed by atoms with Gasteiger partial charge in [-0.25, -0.2) is 0 Å². The summed E-state index contributed by atoms with van der Waals surface area (Å²) in [4.78, 5) is 11.2. The topological polar surface area (TPSA) is 67.8 Å². The zero-order valence-electron chi connectivity index (χ0n) is 13.9. The van der Waals surface area contributed by atoms with Crippen LogP contribution in [0.15, 0.2) is 36.4 Å². The zero-order valence-corrected chi connectivity index (χ0v) is 16.2. The average molecular weight is 414 g/mol. The van der Waals surface area contributed by atoms with Gasteiger partial charge in [0.2, 0.25) is 0 Å². The third-order valence-corrected chi connectivity index (χ3v) is 5.97. The first kappa shape index (κ1) is 19.2. The molecule has 1 heterocycles. The Labute approximate surface area is 165 Å². The third kappa shape index (κ3) is 4.20. The molecule has 5 nitrogen and oxygen atoms in total. The van der Waals surface area contributed by atoms with Crippen molar-refractivity contribution in [2.24, 2.45) is 0 Å². The first-order valence-corrected chi connectivity index (χ1v) is 9.64. The smallest absolute Gasteiger partial charge is 0.321 e. The van der Waals surface area contributed by atoms with Crippen LogP contribution in [0.5, 0.6) is 11.5 Å². The van der Waals surface area contributed by atoms with Crippen LogP contribution in [0.3, 0.4) is 0 Å². The van der Waals surface area contributed by atoms with E-state index in [1.54, 1.807) is 31.4 Å². The van der Waals surface area contributed by atoms with Crippen LogP contribution in [0.1, 0.15) is 16.5 Å². The quantitative estimate of drug-likeness (QED) is 0.732. The number of hydrogen-bond donors (Lipinski definition) is 2. The number of hydrogen-bond acceptors (Lipinski definition) is 5. The van der Waals surface area contributed by atoms with Gasteiger partial charge in [-0.3, -0.25) is 10.1 Å². The molecular formula is C18H17Cl2NO4S. The molecule has 0 radical (unpaired) electrons. The standard InChI is InChI=1S/C18H17Cl2NO4S/c1-24-10-5-6-11(17-21-15(9-26-17)18(22)23)16(7-10)25-8-12-13(19)3-2-4-14(12)20/h2-7,15,17,21H,8-9H2,1H3,(H,22,23). The molecule has 0 bridgehead atoms. The van der Waals surface area contributed by atoms with Gasteiger partial charge in [0, 0.05) is 33.0 Å². The minimum Gasteiger partial charge on any atom is -0.497 e. The van der Waals surface area contributed by atoms with Gasteiger partial charge in [-0.05, 0) is 24.3 Å². The van der Waals surface area contributed by atoms with Gasteiger partial charge in [0.25, 0.3) is 0 Å². The predicted octanol–water partition coefficient (Wildman–Crippen LogP) is 4.37. The van der Waals surface area contributed by atoms with Crippen LogP contribution in [0.4, 0.5) is 0 Å². The molecule has 0 aromatic heterocycles. The minimum absolute atomic E-state index is 0.182. The predicted molar refractivity (Wildman–Crippen MR) is 104 cm³/mol. The lowest BCUT2D eigenvalue weighted by Gasteiger charge is -2.18. The first-order valence-electron chi connectivity index (χ1n) is 7.83. The largest absolute Gasteiger partial charge is 0.497 e. The summed E-state index contributed by atoms with van der Waals surface area (Å²) in [7, 11) is 1.58. The number of aliphatic carboxylic acids is 1. The van der Waals surface area contributed by atoms with Crippen molar-refractivity contribution in [3.05, 3.63) is 57.6 Å². The molecule has 138 valence electrons. The van der Waals surface area contributed by atoms with Crippen molar-refractivity contribution in [3.63, 3.8) is 0 Å². The number of carboxylic acids is 1. The van der Waals surface area contributed by atoms with E-state index >= 15 is 0 Å². The van der Waals surface area contributed by atoms with Gasteiger partial charge in [0.15, 0.2) is 0 Å². The summed E-state index contributed by atoms with van der Waals surface area (Å²) < 4.78 is 11.3. The number of methoxy groups -OCH3 is 1. The highest BCUT2D eigenvalue weighted by atomic mass is 35.5. The maximum absolute atomic E-state index is 11.2. The second-order valence-corrected chi connectivity index (χ2v) is 7.62. The maximum atomic E-state index is 11.2. The molecule has 2 aromatic carbocycles. The number of carbonyl (C=O) groups is 1. The fourth-order valence-corrected chi connectivity index (χ4v) is 4.36. The van der Waals surface area contributed by atoms with E-state index in [4.69, 9.17) is 32.7 Å². The molecule has 0 saturated carbocycles. The zero-order chi connectivity index (χ0) is 18.7. The number of thioether (sulfide) groups is 1. The van der Waals surface area contributed by atoms with E-state index in [-0.39, 0.29) is 12.0 Å². The van der Waals surface area contributed by atoms with Gasteiger partial charge in [-0.15, -0.1) is 11.8 Å². The third-order valence-electron chi connectivity index (χ3n) is 4.02. The molecule has 1 fully saturated rings. The van der Waals surface area contributed by atoms with E-state index in [0.717, 1.165) is 5.56 Å². The molecule has 2 aromatic rings. The Balaban J connectivity index is 1.84. The van der Waals surface area contributed by atoms with Crippen molar-refractivity contribution in [2.45, 2.75) is 18.0 Å². The number of rotatable bonds is 6. The van der Waals surface area contributed by atoms with Crippen LogP contribution in [0, 0.1) is 0 Å². The van der Waals surface area contributed by atoms with Gasteiger partial charge in [0.1, 0.15) is 24.1 Å². The van der Waals surface area contributed by atoms with Crippen molar-refractivity contribution in [1.29, 1.82) is 0 Å². The normalized spacial score (nSPS) is 19.3. The Morgan fingerprint density at radius 3 is 2.65 bits per heavy atom. The molecule has 1 saturated heterocycles. The molecular weight excluding hydrogens is 397 g/mol. The summed E-state index contributed by atoms with van der Waals surface area (Å²) in [6, 6.07) is 10.2. The summed E-state index contributed by atoms with van der Waals surface area (Å²) in [5.74, 6) is 0.865. The Kier molecular flexibility index (Phi) is 6.19. The van der Waals surface area contributed by atoms with Crippen LogP contribution in [0.25, 0.3) is 0 Å². The van der Waals surface area contributed by atoms with Gasteiger partial charge in [-0.2, -0.15) is 0 Å². The van der Waals surface area contributed by atoms with E-state index in [1.807, 2.05) is 12.1 Å². The molecule has 1 aliphatic rings. The highest BCUT2D eigenvalue weighted by Crippen LogP contribution is 2.40. The van der Waals surface area contributed by atoms with Crippen LogP contribution in [-0.4, -0.2) is 30.0 Å². The number of halogens is 2. The number of benzene rings is 2. The first-order chi connectivity index (χ1) is 12.5. The Morgan fingerprint density at radius 1 is 1.31 bits per heavy atom. The van der Waals surface area contributed by atoms with Crippen molar-refractivity contribution < 1.29 is 19.4 Å². The van der Waals surface area contributed by atoms with Crippen LogP contribution in [-0.2, 0) is 11.4 Å². The summed E-state index contributed by atoms with van der Waals surface area (Å²) >= 11 is 13.9. The second-order valence-electron chi connectivity index (χ2n) is 5.66. The van der Waals surface area contributed by atoms with E-state index in [1.165, 1.54) is 11.8 Å². The Hall–Kier alpha value is -1.60. The fraction of sp³-hybridized carbons (Fsp3) is 0.278. The molecule has 0 spiro atoms. The Bertz CT molecular complexity index is 798. The lowest BCUT2D eigenvalue weighted by Crippen LogP contribution is -2.33. The van der Waals surface area contributed by atoms with Crippen molar-refractivity contribution >= 4 is 40.9 Å². The van der Waals surface area contributed by atoms with Crippen molar-refractivity contribution in [1.82, 2.24) is 5.32 Å². The molecule has 2 N–H and O–H groups in total. The van der Waals surface area contributed by atoms with Gasteiger partial charge < -0.3 is 14.6 Å². The van der Waals surface area contributed by atoms with Crippen LogP contribution in [0.2, 0.25) is 10.0 Å². The second kappa shape index (κ2) is 8.39. The number of carboxylic acid groups (broad SMARTS) is 1. The lowest BCUT2D eigenvalue weighted by molar-refractivity contribution is -0.138. The number of nitrogens with one attached hydrogen (secondary N) is 1. The molecule has 1 aliphatic heterocycles. The molecule has 2 unspecified atom stereocenters. The molecule has 8 heteroatoms. The van der Waals surface area contributed by atoms with Crippen molar-refractivity contribution in [2.75, 3.05) is 12.9 Å². The van der Waals surface area contributed by atoms with E-state index in [0.29, 0.717) is 32.9 Å². The molecule has 3 rings (SSSR count). The highest BCUT2D eigenvalue weighted by Gasteiger charge is 2.32. The Morgan fingerprint density at radius 2 is 2.04 bits per heavy atom. The highest BCUT2D eigenvalue weighted by molar-refractivity contribution is 7.99. The lowest BCUT2D eigenvalue weighted by atomic mass is 10.1. The van der Waals surface area contributed by atoms with Gasteiger partial charge in [0.05, 0.1) is 12.5 Å². The summed E-state index contributed by atoms with van der Waals surface area (Å²) in [5, 5.41) is 13.2. The molecule has 26 heavy (non-hydrogen) atoms.